The fourth-order valence-electron chi connectivity index (χ4n) is 2.16. The Kier molecular flexibility index (Phi) is 5.14. The van der Waals surface area contributed by atoms with Crippen molar-refractivity contribution < 1.29 is 9.59 Å². The van der Waals surface area contributed by atoms with E-state index in [0.717, 1.165) is 24.2 Å². The molecular weight excluding hydrogens is 326 g/mol. The molecule has 0 radical (unpaired) electrons. The van der Waals surface area contributed by atoms with Crippen LogP contribution in [0.5, 0.6) is 0 Å². The van der Waals surface area contributed by atoms with Crippen molar-refractivity contribution in [3.05, 3.63) is 41.7 Å². The van der Waals surface area contributed by atoms with Crippen LogP contribution in [-0.2, 0) is 11.3 Å². The fourth-order valence-corrected chi connectivity index (χ4v) is 2.94. The minimum Gasteiger partial charge on any atom is -0.335 e. The summed E-state index contributed by atoms with van der Waals surface area (Å²) >= 11 is 1.27. The molecule has 24 heavy (non-hydrogen) atoms. The average molecular weight is 345 g/mol. The van der Waals surface area contributed by atoms with E-state index in [0.29, 0.717) is 11.7 Å². The second-order valence-electron chi connectivity index (χ2n) is 5.69. The normalized spacial score (nSPS) is 13.5. The summed E-state index contributed by atoms with van der Waals surface area (Å²) in [6.45, 7) is 2.52. The number of imide groups is 1. The lowest BCUT2D eigenvalue weighted by atomic mass is 10.2. The summed E-state index contributed by atoms with van der Waals surface area (Å²) < 4.78 is 1.96. The monoisotopic (exact) mass is 345 g/mol. The molecule has 0 spiro atoms. The van der Waals surface area contributed by atoms with Crippen LogP contribution in [0.1, 0.15) is 24.2 Å². The maximum Gasteiger partial charge on any atom is 0.321 e. The Bertz CT molecular complexity index is 727. The molecule has 0 saturated heterocycles. The molecule has 3 amide bonds. The summed E-state index contributed by atoms with van der Waals surface area (Å²) in [4.78, 5) is 23.4. The Morgan fingerprint density at radius 3 is 2.71 bits per heavy atom. The van der Waals surface area contributed by atoms with Crippen molar-refractivity contribution in [3.63, 3.8) is 0 Å². The Labute approximate surface area is 144 Å². The van der Waals surface area contributed by atoms with Gasteiger partial charge in [-0.15, -0.1) is 10.2 Å². The summed E-state index contributed by atoms with van der Waals surface area (Å²) in [7, 11) is 0. The van der Waals surface area contributed by atoms with Crippen molar-refractivity contribution in [1.29, 1.82) is 0 Å². The van der Waals surface area contributed by atoms with Gasteiger partial charge in [0.25, 0.3) is 0 Å². The number of hydrogen-bond donors (Lipinski definition) is 2. The third-order valence-electron chi connectivity index (χ3n) is 3.58. The van der Waals surface area contributed by atoms with Crippen LogP contribution in [0.2, 0.25) is 0 Å². The third-order valence-corrected chi connectivity index (χ3v) is 4.55. The van der Waals surface area contributed by atoms with E-state index in [1.54, 1.807) is 0 Å². The Morgan fingerprint density at radius 1 is 1.25 bits per heavy atom. The minimum absolute atomic E-state index is 0.116. The Hall–Kier alpha value is -2.35. The second-order valence-corrected chi connectivity index (χ2v) is 6.63. The molecule has 0 unspecified atom stereocenters. The van der Waals surface area contributed by atoms with Crippen LogP contribution in [-0.4, -0.2) is 38.5 Å². The zero-order valence-electron chi connectivity index (χ0n) is 13.4. The van der Waals surface area contributed by atoms with Crippen molar-refractivity contribution in [2.45, 2.75) is 37.5 Å². The van der Waals surface area contributed by atoms with E-state index in [2.05, 4.69) is 20.8 Å². The molecule has 1 fully saturated rings. The number of carbonyl (C=O) groups excluding carboxylic acids is 2. The van der Waals surface area contributed by atoms with Crippen LogP contribution < -0.4 is 10.6 Å². The van der Waals surface area contributed by atoms with Crippen LogP contribution in [0, 0.1) is 6.92 Å². The lowest BCUT2D eigenvalue weighted by molar-refractivity contribution is -0.117. The standard InChI is InChI=1S/C16H19N5O2S/c1-11-19-20-16(21(11)9-12-5-3-2-4-6-12)24-10-14(22)18-15(23)17-13-7-8-13/h2-6,13H,7-10H2,1H3,(H2,17,18,22,23). The highest BCUT2D eigenvalue weighted by Crippen LogP contribution is 2.19. The van der Waals surface area contributed by atoms with Gasteiger partial charge in [0.1, 0.15) is 5.82 Å². The topological polar surface area (TPSA) is 88.9 Å². The molecular formula is C16H19N5O2S. The summed E-state index contributed by atoms with van der Waals surface area (Å²) in [5, 5.41) is 13.9. The highest BCUT2D eigenvalue weighted by molar-refractivity contribution is 7.99. The first-order valence-corrected chi connectivity index (χ1v) is 8.77. The first-order chi connectivity index (χ1) is 11.6. The summed E-state index contributed by atoms with van der Waals surface area (Å²) in [6, 6.07) is 9.79. The van der Waals surface area contributed by atoms with Crippen LogP contribution in [0.25, 0.3) is 0 Å². The number of carbonyl (C=O) groups is 2. The van der Waals surface area contributed by atoms with E-state index >= 15 is 0 Å². The average Bonchev–Trinajstić information content (AvgIpc) is 3.31. The number of hydrogen-bond acceptors (Lipinski definition) is 5. The lowest BCUT2D eigenvalue weighted by Gasteiger charge is -2.08. The van der Waals surface area contributed by atoms with Gasteiger partial charge in [-0.05, 0) is 25.3 Å². The number of thioether (sulfide) groups is 1. The number of nitrogens with one attached hydrogen (secondary N) is 2. The van der Waals surface area contributed by atoms with Gasteiger partial charge in [0.2, 0.25) is 5.91 Å². The maximum absolute atomic E-state index is 11.9. The van der Waals surface area contributed by atoms with E-state index in [9.17, 15) is 9.59 Å². The van der Waals surface area contributed by atoms with E-state index < -0.39 is 6.03 Å². The number of nitrogens with zero attached hydrogens (tertiary/aromatic N) is 3. The summed E-state index contributed by atoms with van der Waals surface area (Å²) in [5.41, 5.74) is 1.13. The molecule has 0 bridgehead atoms. The molecule has 3 rings (SSSR count). The first-order valence-electron chi connectivity index (χ1n) is 7.78. The second kappa shape index (κ2) is 7.48. The van der Waals surface area contributed by atoms with Crippen LogP contribution >= 0.6 is 11.8 Å². The van der Waals surface area contributed by atoms with Gasteiger partial charge in [-0.2, -0.15) is 0 Å². The minimum atomic E-state index is -0.426. The number of aromatic nitrogens is 3. The number of benzene rings is 1. The van der Waals surface area contributed by atoms with Crippen LogP contribution in [0.4, 0.5) is 4.79 Å². The quantitative estimate of drug-likeness (QED) is 0.778. The molecule has 1 aliphatic carbocycles. The highest BCUT2D eigenvalue weighted by atomic mass is 32.2. The molecule has 1 aromatic carbocycles. The maximum atomic E-state index is 11.9. The molecule has 1 heterocycles. The smallest absolute Gasteiger partial charge is 0.321 e. The number of amides is 3. The predicted octanol–water partition coefficient (Wildman–Crippen LogP) is 1.72. The molecule has 7 nitrogen and oxygen atoms in total. The van der Waals surface area contributed by atoms with Crippen molar-refractivity contribution in [2.75, 3.05) is 5.75 Å². The van der Waals surface area contributed by atoms with Crippen molar-refractivity contribution in [1.82, 2.24) is 25.4 Å². The molecule has 2 N–H and O–H groups in total. The van der Waals surface area contributed by atoms with Gasteiger partial charge in [-0.3, -0.25) is 10.1 Å². The molecule has 8 heteroatoms. The molecule has 126 valence electrons. The van der Waals surface area contributed by atoms with E-state index in [1.165, 1.54) is 11.8 Å². The van der Waals surface area contributed by atoms with Crippen molar-refractivity contribution in [3.8, 4) is 0 Å². The third kappa shape index (κ3) is 4.58. The number of urea groups is 1. The number of aryl methyl sites for hydroxylation is 1. The first kappa shape index (κ1) is 16.5. The Balaban J connectivity index is 1.55. The van der Waals surface area contributed by atoms with Gasteiger partial charge in [0, 0.05) is 6.04 Å². The predicted molar refractivity (Wildman–Crippen MR) is 90.7 cm³/mol. The fraction of sp³-hybridized carbons (Fsp3) is 0.375. The van der Waals surface area contributed by atoms with E-state index in [-0.39, 0.29) is 17.7 Å². The molecule has 0 atom stereocenters. The molecule has 2 aromatic rings. The van der Waals surface area contributed by atoms with Gasteiger partial charge in [0.15, 0.2) is 5.16 Å². The van der Waals surface area contributed by atoms with E-state index in [4.69, 9.17) is 0 Å². The van der Waals surface area contributed by atoms with Gasteiger partial charge < -0.3 is 9.88 Å². The van der Waals surface area contributed by atoms with Crippen molar-refractivity contribution in [2.24, 2.45) is 0 Å². The van der Waals surface area contributed by atoms with Crippen molar-refractivity contribution >= 4 is 23.7 Å². The van der Waals surface area contributed by atoms with Crippen LogP contribution in [0.15, 0.2) is 35.5 Å². The molecule has 1 saturated carbocycles. The lowest BCUT2D eigenvalue weighted by Crippen LogP contribution is -2.41. The summed E-state index contributed by atoms with van der Waals surface area (Å²) in [6.07, 6.45) is 1.97. The number of rotatable bonds is 6. The highest BCUT2D eigenvalue weighted by Gasteiger charge is 2.24. The zero-order chi connectivity index (χ0) is 16.9. The Morgan fingerprint density at radius 2 is 2.00 bits per heavy atom. The zero-order valence-corrected chi connectivity index (χ0v) is 14.2. The van der Waals surface area contributed by atoms with Gasteiger partial charge in [-0.25, -0.2) is 4.79 Å². The van der Waals surface area contributed by atoms with E-state index in [1.807, 2.05) is 41.8 Å². The SMILES string of the molecule is Cc1nnc(SCC(=O)NC(=O)NC2CC2)n1Cc1ccccc1. The van der Waals surface area contributed by atoms with Gasteiger partial charge in [-0.1, -0.05) is 42.1 Å². The van der Waals surface area contributed by atoms with Gasteiger partial charge >= 0.3 is 6.03 Å². The molecule has 1 aliphatic rings. The van der Waals surface area contributed by atoms with Crippen LogP contribution in [0.3, 0.4) is 0 Å². The summed E-state index contributed by atoms with van der Waals surface area (Å²) in [5.74, 6) is 0.559. The van der Waals surface area contributed by atoms with Gasteiger partial charge in [0.05, 0.1) is 12.3 Å². The molecule has 0 aliphatic heterocycles. The molecule has 1 aromatic heterocycles. The largest absolute Gasteiger partial charge is 0.335 e.